The molecule has 0 amide bonds. The second-order valence-corrected chi connectivity index (χ2v) is 10.6. The van der Waals surface area contributed by atoms with E-state index in [2.05, 4.69) is 9.80 Å². The fraction of sp³-hybridized carbons (Fsp3) is 0.367. The first kappa shape index (κ1) is 28.4. The first-order valence-electron chi connectivity index (χ1n) is 13.6. The van der Waals surface area contributed by atoms with Gasteiger partial charge in [0.15, 0.2) is 11.5 Å². The second kappa shape index (κ2) is 11.1. The number of benzene rings is 3. The molecular formula is C30H28F6N4O2. The molecule has 0 N–H and O–H groups in total. The van der Waals surface area contributed by atoms with Gasteiger partial charge in [0.2, 0.25) is 6.79 Å². The lowest BCUT2D eigenvalue weighted by Crippen LogP contribution is -2.31. The summed E-state index contributed by atoms with van der Waals surface area (Å²) in [5, 5.41) is 0. The summed E-state index contributed by atoms with van der Waals surface area (Å²) in [6.07, 6.45) is -8.92. The lowest BCUT2D eigenvalue weighted by atomic mass is 10.0. The van der Waals surface area contributed by atoms with Gasteiger partial charge in [0.25, 0.3) is 0 Å². The van der Waals surface area contributed by atoms with Gasteiger partial charge >= 0.3 is 12.4 Å². The summed E-state index contributed by atoms with van der Waals surface area (Å²) < 4.78 is 93.7. The topological polar surface area (TPSA) is 42.8 Å². The molecule has 0 atom stereocenters. The monoisotopic (exact) mass is 590 g/mol. The van der Waals surface area contributed by atoms with Crippen LogP contribution in [-0.4, -0.2) is 52.3 Å². The number of fused-ring (bicyclic) bond motifs is 2. The van der Waals surface area contributed by atoms with Gasteiger partial charge in [0.1, 0.15) is 5.82 Å². The van der Waals surface area contributed by atoms with E-state index in [9.17, 15) is 26.3 Å². The molecule has 0 bridgehead atoms. The largest absolute Gasteiger partial charge is 0.454 e. The molecule has 2 aliphatic rings. The van der Waals surface area contributed by atoms with Crippen LogP contribution in [-0.2, 0) is 32.0 Å². The quantitative estimate of drug-likeness (QED) is 0.238. The van der Waals surface area contributed by atoms with Crippen molar-refractivity contribution in [3.63, 3.8) is 0 Å². The van der Waals surface area contributed by atoms with E-state index < -0.39 is 23.5 Å². The van der Waals surface area contributed by atoms with Crippen LogP contribution < -0.4 is 9.47 Å². The van der Waals surface area contributed by atoms with Crippen LogP contribution >= 0.6 is 0 Å². The molecule has 3 heterocycles. The van der Waals surface area contributed by atoms with E-state index in [4.69, 9.17) is 14.5 Å². The summed E-state index contributed by atoms with van der Waals surface area (Å²) in [5.74, 6) is 2.07. The van der Waals surface area contributed by atoms with Crippen LogP contribution in [0.2, 0.25) is 0 Å². The Balaban J connectivity index is 1.22. The molecule has 0 saturated carbocycles. The second-order valence-electron chi connectivity index (χ2n) is 10.6. The third-order valence-electron chi connectivity index (χ3n) is 7.61. The van der Waals surface area contributed by atoms with Gasteiger partial charge in [-0.25, -0.2) is 4.98 Å². The Labute approximate surface area is 238 Å². The third kappa shape index (κ3) is 6.19. The van der Waals surface area contributed by atoms with E-state index in [0.717, 1.165) is 68.3 Å². The van der Waals surface area contributed by atoms with E-state index in [0.29, 0.717) is 23.4 Å². The normalized spacial score (nSPS) is 16.7. The standard InChI is InChI=1S/C30H28F6N4O2/c31-29(32,33)22-12-21(13-23(15-22)30(34,35)36)17-40-25-5-2-1-4-24(25)37-28(40)18-39-9-3-8-38(10-11-39)16-20-6-7-26-27(14-20)42-19-41-26/h1-2,4-7,12-15H,3,8-11,16-19H2. The average Bonchev–Trinajstić information content (AvgIpc) is 3.47. The number of rotatable bonds is 6. The Morgan fingerprint density at radius 2 is 1.33 bits per heavy atom. The van der Waals surface area contributed by atoms with Gasteiger partial charge in [-0.05, 0) is 73.1 Å². The number of imidazole rings is 1. The third-order valence-corrected chi connectivity index (χ3v) is 7.61. The van der Waals surface area contributed by atoms with Gasteiger partial charge in [-0.2, -0.15) is 26.3 Å². The van der Waals surface area contributed by atoms with Crippen molar-refractivity contribution in [1.29, 1.82) is 0 Å². The molecule has 0 unspecified atom stereocenters. The van der Waals surface area contributed by atoms with Crippen LogP contribution in [0.3, 0.4) is 0 Å². The minimum absolute atomic E-state index is 0.0904. The summed E-state index contributed by atoms with van der Waals surface area (Å²) >= 11 is 0. The average molecular weight is 591 g/mol. The van der Waals surface area contributed by atoms with Crippen LogP contribution in [0.1, 0.15) is 34.5 Å². The molecule has 2 aliphatic heterocycles. The zero-order valence-corrected chi connectivity index (χ0v) is 22.5. The Morgan fingerprint density at radius 3 is 2.05 bits per heavy atom. The molecule has 42 heavy (non-hydrogen) atoms. The molecule has 1 fully saturated rings. The minimum atomic E-state index is -4.91. The van der Waals surface area contributed by atoms with E-state index in [1.165, 1.54) is 0 Å². The molecule has 4 aromatic rings. The van der Waals surface area contributed by atoms with Crippen LogP contribution in [0, 0.1) is 0 Å². The number of halogens is 6. The van der Waals surface area contributed by atoms with E-state index in [-0.39, 0.29) is 25.0 Å². The summed E-state index contributed by atoms with van der Waals surface area (Å²) in [4.78, 5) is 9.31. The highest BCUT2D eigenvalue weighted by Crippen LogP contribution is 2.37. The minimum Gasteiger partial charge on any atom is -0.454 e. The SMILES string of the molecule is FC(F)(F)c1cc(Cn2c(CN3CCCN(Cc4ccc5c(c4)OCO5)CC3)nc3ccccc32)cc(C(F)(F)F)c1. The summed E-state index contributed by atoms with van der Waals surface area (Å²) in [6.45, 7) is 4.39. The first-order valence-corrected chi connectivity index (χ1v) is 13.6. The number of hydrogen-bond donors (Lipinski definition) is 0. The zero-order chi connectivity index (χ0) is 29.5. The van der Waals surface area contributed by atoms with Crippen molar-refractivity contribution in [3.05, 3.63) is 88.7 Å². The van der Waals surface area contributed by atoms with Gasteiger partial charge in [-0.15, -0.1) is 0 Å². The van der Waals surface area contributed by atoms with Crippen molar-refractivity contribution in [2.75, 3.05) is 33.0 Å². The molecule has 0 radical (unpaired) electrons. The molecule has 1 aromatic heterocycles. The van der Waals surface area contributed by atoms with E-state index >= 15 is 0 Å². The predicted octanol–water partition coefficient (Wildman–Crippen LogP) is 6.56. The highest BCUT2D eigenvalue weighted by molar-refractivity contribution is 5.76. The fourth-order valence-corrected chi connectivity index (χ4v) is 5.55. The lowest BCUT2D eigenvalue weighted by molar-refractivity contribution is -0.143. The number of para-hydroxylation sites is 2. The smallest absolute Gasteiger partial charge is 0.416 e. The molecule has 1 saturated heterocycles. The van der Waals surface area contributed by atoms with Crippen LogP contribution in [0.15, 0.2) is 60.7 Å². The number of ether oxygens (including phenoxy) is 2. The molecule has 6 rings (SSSR count). The fourth-order valence-electron chi connectivity index (χ4n) is 5.55. The van der Waals surface area contributed by atoms with Gasteiger partial charge in [0.05, 0.1) is 28.7 Å². The van der Waals surface area contributed by atoms with E-state index in [1.807, 2.05) is 18.2 Å². The summed E-state index contributed by atoms with van der Waals surface area (Å²) in [7, 11) is 0. The molecule has 0 aliphatic carbocycles. The maximum absolute atomic E-state index is 13.5. The van der Waals surface area contributed by atoms with Crippen LogP contribution in [0.25, 0.3) is 11.0 Å². The molecule has 6 nitrogen and oxygen atoms in total. The van der Waals surface area contributed by atoms with Crippen molar-refractivity contribution in [1.82, 2.24) is 19.4 Å². The predicted molar refractivity (Wildman–Crippen MR) is 143 cm³/mol. The van der Waals surface area contributed by atoms with Gasteiger partial charge in [-0.3, -0.25) is 9.80 Å². The lowest BCUT2D eigenvalue weighted by Gasteiger charge is -2.22. The maximum Gasteiger partial charge on any atom is 0.416 e. The first-order chi connectivity index (χ1) is 20.0. The molecule has 12 heteroatoms. The maximum atomic E-state index is 13.5. The Kier molecular flexibility index (Phi) is 7.52. The number of aromatic nitrogens is 2. The van der Waals surface area contributed by atoms with E-state index in [1.54, 1.807) is 28.8 Å². The van der Waals surface area contributed by atoms with Crippen LogP contribution in [0.5, 0.6) is 11.5 Å². The Bertz CT molecular complexity index is 1550. The zero-order valence-electron chi connectivity index (χ0n) is 22.5. The van der Waals surface area contributed by atoms with Gasteiger partial charge in [0, 0.05) is 26.2 Å². The van der Waals surface area contributed by atoms with Gasteiger partial charge < -0.3 is 14.0 Å². The van der Waals surface area contributed by atoms with Crippen molar-refractivity contribution in [2.45, 2.75) is 38.4 Å². The summed E-state index contributed by atoms with van der Waals surface area (Å²) in [6, 6.07) is 14.8. The number of nitrogens with zero attached hydrogens (tertiary/aromatic N) is 4. The van der Waals surface area contributed by atoms with Crippen molar-refractivity contribution in [3.8, 4) is 11.5 Å². The van der Waals surface area contributed by atoms with Crippen molar-refractivity contribution >= 4 is 11.0 Å². The van der Waals surface area contributed by atoms with Crippen LogP contribution in [0.4, 0.5) is 26.3 Å². The molecule has 0 spiro atoms. The molecular weight excluding hydrogens is 562 g/mol. The number of alkyl halides is 6. The van der Waals surface area contributed by atoms with Crippen molar-refractivity contribution < 1.29 is 35.8 Å². The Morgan fingerprint density at radius 1 is 0.667 bits per heavy atom. The molecule has 222 valence electrons. The highest BCUT2D eigenvalue weighted by Gasteiger charge is 2.37. The highest BCUT2D eigenvalue weighted by atomic mass is 19.4. The van der Waals surface area contributed by atoms with Gasteiger partial charge in [-0.1, -0.05) is 18.2 Å². The summed E-state index contributed by atoms with van der Waals surface area (Å²) in [5.41, 5.74) is -0.338. The Hall–Kier alpha value is -3.77. The number of hydrogen-bond acceptors (Lipinski definition) is 5. The molecule has 3 aromatic carbocycles. The van der Waals surface area contributed by atoms with Crippen molar-refractivity contribution in [2.24, 2.45) is 0 Å².